The third kappa shape index (κ3) is 3.34. The Bertz CT molecular complexity index is 466. The molecule has 19 heavy (non-hydrogen) atoms. The van der Waals surface area contributed by atoms with Crippen LogP contribution in [-0.2, 0) is 0 Å². The smallest absolute Gasteiger partial charge is 0.257 e. The molecule has 1 aromatic carbocycles. The number of hydrogen-bond donors (Lipinski definition) is 0. The number of aryl methyl sites for hydroxylation is 1. The number of amides is 1. The molecule has 1 aliphatic carbocycles. The number of rotatable bonds is 5. The van der Waals surface area contributed by atoms with Gasteiger partial charge in [0, 0.05) is 12.6 Å². The van der Waals surface area contributed by atoms with E-state index >= 15 is 0 Å². The number of halogens is 1. The molecule has 0 aromatic heterocycles. The zero-order chi connectivity index (χ0) is 14.0. The summed E-state index contributed by atoms with van der Waals surface area (Å²) in [4.78, 5) is 14.4. The van der Waals surface area contributed by atoms with Gasteiger partial charge in [-0.05, 0) is 43.7 Å². The van der Waals surface area contributed by atoms with Crippen LogP contribution in [0.2, 0.25) is 0 Å². The first-order valence-corrected chi connectivity index (χ1v) is 7.06. The van der Waals surface area contributed by atoms with E-state index < -0.39 is 0 Å². The average molecular weight is 263 g/mol. The molecule has 1 aromatic rings. The number of nitrogens with zero attached hydrogens (tertiary/aromatic N) is 1. The van der Waals surface area contributed by atoms with Crippen LogP contribution in [0.1, 0.15) is 49.0 Å². The molecule has 0 unspecified atom stereocenters. The molecule has 3 heteroatoms. The van der Waals surface area contributed by atoms with E-state index in [2.05, 4.69) is 13.8 Å². The lowest BCUT2D eigenvalue weighted by atomic mass is 10.1. The molecule has 2 nitrogen and oxygen atoms in total. The van der Waals surface area contributed by atoms with Gasteiger partial charge in [0.2, 0.25) is 0 Å². The SMILES string of the molecule is Cc1cccc(C(=O)N(CCC(C)C)C2CC2)c1F. The minimum absolute atomic E-state index is 0.149. The molecule has 0 spiro atoms. The summed E-state index contributed by atoms with van der Waals surface area (Å²) in [7, 11) is 0. The van der Waals surface area contributed by atoms with Crippen LogP contribution in [0.5, 0.6) is 0 Å². The topological polar surface area (TPSA) is 20.3 Å². The lowest BCUT2D eigenvalue weighted by Gasteiger charge is -2.24. The first kappa shape index (κ1) is 14.0. The number of benzene rings is 1. The molecule has 1 amide bonds. The highest BCUT2D eigenvalue weighted by Crippen LogP contribution is 2.29. The predicted octanol–water partition coefficient (Wildman–Crippen LogP) is 3.78. The molecule has 1 fully saturated rings. The maximum Gasteiger partial charge on any atom is 0.257 e. The maximum atomic E-state index is 14.0. The van der Waals surface area contributed by atoms with Crippen LogP contribution in [0.4, 0.5) is 4.39 Å². The van der Waals surface area contributed by atoms with Crippen molar-refractivity contribution < 1.29 is 9.18 Å². The van der Waals surface area contributed by atoms with E-state index in [4.69, 9.17) is 0 Å². The van der Waals surface area contributed by atoms with Crippen molar-refractivity contribution in [3.05, 3.63) is 35.1 Å². The van der Waals surface area contributed by atoms with Crippen LogP contribution in [0, 0.1) is 18.7 Å². The lowest BCUT2D eigenvalue weighted by molar-refractivity contribution is 0.0730. The molecule has 0 heterocycles. The number of carbonyl (C=O) groups excluding carboxylic acids is 1. The van der Waals surface area contributed by atoms with Gasteiger partial charge in [0.05, 0.1) is 5.56 Å². The van der Waals surface area contributed by atoms with E-state index in [1.807, 2.05) is 4.90 Å². The summed E-state index contributed by atoms with van der Waals surface area (Å²) in [5.41, 5.74) is 0.751. The fraction of sp³-hybridized carbons (Fsp3) is 0.562. The Morgan fingerprint density at radius 3 is 2.68 bits per heavy atom. The lowest BCUT2D eigenvalue weighted by Crippen LogP contribution is -2.35. The Balaban J connectivity index is 2.17. The van der Waals surface area contributed by atoms with Gasteiger partial charge in [0.15, 0.2) is 0 Å². The molecular weight excluding hydrogens is 241 g/mol. The summed E-state index contributed by atoms with van der Waals surface area (Å²) in [5.74, 6) is 0.0310. The Morgan fingerprint density at radius 2 is 2.11 bits per heavy atom. The normalized spacial score (nSPS) is 14.8. The van der Waals surface area contributed by atoms with E-state index in [0.29, 0.717) is 17.5 Å². The van der Waals surface area contributed by atoms with Crippen molar-refractivity contribution in [2.75, 3.05) is 6.54 Å². The average Bonchev–Trinajstić information content (AvgIpc) is 3.17. The van der Waals surface area contributed by atoms with E-state index in [1.54, 1.807) is 25.1 Å². The molecule has 104 valence electrons. The maximum absolute atomic E-state index is 14.0. The monoisotopic (exact) mass is 263 g/mol. The molecule has 0 radical (unpaired) electrons. The van der Waals surface area contributed by atoms with Crippen LogP contribution in [0.25, 0.3) is 0 Å². The highest BCUT2D eigenvalue weighted by atomic mass is 19.1. The second-order valence-corrected chi connectivity index (χ2v) is 5.85. The van der Waals surface area contributed by atoms with E-state index in [0.717, 1.165) is 25.8 Å². The molecule has 1 saturated carbocycles. The Labute approximate surface area is 114 Å². The second kappa shape index (κ2) is 5.72. The molecule has 2 rings (SSSR count). The van der Waals surface area contributed by atoms with Gasteiger partial charge < -0.3 is 4.90 Å². The van der Waals surface area contributed by atoms with E-state index in [1.165, 1.54) is 0 Å². The van der Waals surface area contributed by atoms with Crippen molar-refractivity contribution in [1.82, 2.24) is 4.90 Å². The van der Waals surface area contributed by atoms with Gasteiger partial charge in [-0.1, -0.05) is 26.0 Å². The largest absolute Gasteiger partial charge is 0.336 e. The van der Waals surface area contributed by atoms with Gasteiger partial charge in [-0.3, -0.25) is 4.79 Å². The number of carbonyl (C=O) groups is 1. The molecule has 1 aliphatic rings. The third-order valence-electron chi connectivity index (χ3n) is 3.62. The summed E-state index contributed by atoms with van der Waals surface area (Å²) in [6, 6.07) is 5.36. The van der Waals surface area contributed by atoms with Crippen LogP contribution in [0.15, 0.2) is 18.2 Å². The van der Waals surface area contributed by atoms with Crippen molar-refractivity contribution in [2.24, 2.45) is 5.92 Å². The fourth-order valence-electron chi connectivity index (χ4n) is 2.20. The summed E-state index contributed by atoms with van der Waals surface area (Å²) in [6.45, 7) is 6.71. The van der Waals surface area contributed by atoms with Crippen molar-refractivity contribution >= 4 is 5.91 Å². The Kier molecular flexibility index (Phi) is 4.23. The summed E-state index contributed by atoms with van der Waals surface area (Å²) in [6.07, 6.45) is 3.07. The quantitative estimate of drug-likeness (QED) is 0.791. The van der Waals surface area contributed by atoms with Gasteiger partial charge in [-0.25, -0.2) is 4.39 Å². The highest BCUT2D eigenvalue weighted by Gasteiger charge is 2.33. The number of hydrogen-bond acceptors (Lipinski definition) is 1. The van der Waals surface area contributed by atoms with E-state index in [9.17, 15) is 9.18 Å². The minimum Gasteiger partial charge on any atom is -0.336 e. The van der Waals surface area contributed by atoms with Crippen LogP contribution in [-0.4, -0.2) is 23.4 Å². The second-order valence-electron chi connectivity index (χ2n) is 5.85. The molecule has 0 bridgehead atoms. The van der Waals surface area contributed by atoms with Crippen molar-refractivity contribution in [3.8, 4) is 0 Å². The van der Waals surface area contributed by atoms with Crippen molar-refractivity contribution in [1.29, 1.82) is 0 Å². The Morgan fingerprint density at radius 1 is 1.42 bits per heavy atom. The van der Waals surface area contributed by atoms with Gasteiger partial charge in [-0.2, -0.15) is 0 Å². The van der Waals surface area contributed by atoms with Crippen LogP contribution >= 0.6 is 0 Å². The minimum atomic E-state index is -0.373. The predicted molar refractivity (Wildman–Crippen MR) is 74.7 cm³/mol. The molecule has 0 atom stereocenters. The first-order valence-electron chi connectivity index (χ1n) is 7.06. The Hall–Kier alpha value is -1.38. The zero-order valence-corrected chi connectivity index (χ0v) is 11.9. The summed E-state index contributed by atoms with van der Waals surface area (Å²) >= 11 is 0. The summed E-state index contributed by atoms with van der Waals surface area (Å²) in [5, 5.41) is 0. The summed E-state index contributed by atoms with van der Waals surface area (Å²) < 4.78 is 14.0. The molecule has 0 saturated heterocycles. The van der Waals surface area contributed by atoms with Gasteiger partial charge in [-0.15, -0.1) is 0 Å². The van der Waals surface area contributed by atoms with Crippen molar-refractivity contribution in [2.45, 2.75) is 46.1 Å². The van der Waals surface area contributed by atoms with Crippen molar-refractivity contribution in [3.63, 3.8) is 0 Å². The van der Waals surface area contributed by atoms with Crippen LogP contribution in [0.3, 0.4) is 0 Å². The third-order valence-corrected chi connectivity index (χ3v) is 3.62. The van der Waals surface area contributed by atoms with Crippen LogP contribution < -0.4 is 0 Å². The molecule has 0 aliphatic heterocycles. The van der Waals surface area contributed by atoms with E-state index in [-0.39, 0.29) is 17.3 Å². The highest BCUT2D eigenvalue weighted by molar-refractivity contribution is 5.95. The fourth-order valence-corrected chi connectivity index (χ4v) is 2.20. The van der Waals surface area contributed by atoms with Gasteiger partial charge >= 0.3 is 0 Å². The molecular formula is C16H22FNO. The van der Waals surface area contributed by atoms with Gasteiger partial charge in [0.25, 0.3) is 5.91 Å². The first-order chi connectivity index (χ1) is 9.00. The zero-order valence-electron chi connectivity index (χ0n) is 11.9. The van der Waals surface area contributed by atoms with Gasteiger partial charge in [0.1, 0.15) is 5.82 Å². The standard InChI is InChI=1S/C16H22FNO/c1-11(2)9-10-18(13-7-8-13)16(19)14-6-4-5-12(3)15(14)17/h4-6,11,13H,7-10H2,1-3H3. The molecule has 0 N–H and O–H groups in total.